The standard InChI is InChI=1S/C10H17BrN4S/c1-9-12-13-10(16-9)15-5-2-4-14(6-3-11)7-8-15/h2-8H2,1H3. The minimum atomic E-state index is 1.05. The molecule has 1 aliphatic heterocycles. The number of halogens is 1. The number of anilines is 1. The van der Waals surface area contributed by atoms with Crippen LogP contribution in [0.15, 0.2) is 0 Å². The van der Waals surface area contributed by atoms with E-state index >= 15 is 0 Å². The second-order valence-electron chi connectivity index (χ2n) is 3.97. The van der Waals surface area contributed by atoms with Gasteiger partial charge in [-0.15, -0.1) is 10.2 Å². The van der Waals surface area contributed by atoms with Gasteiger partial charge in [-0.25, -0.2) is 0 Å². The van der Waals surface area contributed by atoms with Crippen molar-refractivity contribution in [3.05, 3.63) is 5.01 Å². The maximum absolute atomic E-state index is 4.22. The molecule has 1 aromatic rings. The number of alkyl halides is 1. The molecule has 0 N–H and O–H groups in total. The van der Waals surface area contributed by atoms with Crippen molar-refractivity contribution < 1.29 is 0 Å². The van der Waals surface area contributed by atoms with Crippen LogP contribution >= 0.6 is 27.3 Å². The molecule has 0 saturated carbocycles. The van der Waals surface area contributed by atoms with Crippen LogP contribution in [-0.2, 0) is 0 Å². The smallest absolute Gasteiger partial charge is 0.208 e. The molecule has 1 aliphatic rings. The van der Waals surface area contributed by atoms with Gasteiger partial charge in [-0.2, -0.15) is 0 Å². The Labute approximate surface area is 109 Å². The second-order valence-corrected chi connectivity index (χ2v) is 5.93. The van der Waals surface area contributed by atoms with Crippen molar-refractivity contribution in [1.82, 2.24) is 15.1 Å². The van der Waals surface area contributed by atoms with Gasteiger partial charge in [-0.05, 0) is 19.9 Å². The third-order valence-electron chi connectivity index (χ3n) is 2.78. The molecule has 4 nitrogen and oxygen atoms in total. The molecule has 1 saturated heterocycles. The zero-order valence-corrected chi connectivity index (χ0v) is 11.9. The Morgan fingerprint density at radius 1 is 1.25 bits per heavy atom. The van der Waals surface area contributed by atoms with E-state index in [1.165, 1.54) is 13.0 Å². The van der Waals surface area contributed by atoms with Crippen LogP contribution in [0.2, 0.25) is 0 Å². The van der Waals surface area contributed by atoms with Crippen LogP contribution in [0.3, 0.4) is 0 Å². The summed E-state index contributed by atoms with van der Waals surface area (Å²) >= 11 is 5.19. The second kappa shape index (κ2) is 5.93. The Balaban J connectivity index is 1.93. The average Bonchev–Trinajstić information content (AvgIpc) is 2.57. The Bertz CT molecular complexity index is 330. The van der Waals surface area contributed by atoms with Crippen molar-refractivity contribution in [2.24, 2.45) is 0 Å². The summed E-state index contributed by atoms with van der Waals surface area (Å²) in [6, 6.07) is 0. The fourth-order valence-electron chi connectivity index (χ4n) is 1.92. The number of aromatic nitrogens is 2. The van der Waals surface area contributed by atoms with E-state index in [-0.39, 0.29) is 0 Å². The van der Waals surface area contributed by atoms with Crippen LogP contribution in [-0.4, -0.2) is 53.2 Å². The number of aryl methyl sites for hydroxylation is 1. The molecule has 0 amide bonds. The van der Waals surface area contributed by atoms with Gasteiger partial charge in [-0.1, -0.05) is 27.3 Å². The van der Waals surface area contributed by atoms with Crippen molar-refractivity contribution in [2.75, 3.05) is 43.0 Å². The Hall–Kier alpha value is -0.200. The van der Waals surface area contributed by atoms with Crippen molar-refractivity contribution in [1.29, 1.82) is 0 Å². The summed E-state index contributed by atoms with van der Waals surface area (Å²) in [6.07, 6.45) is 1.21. The Morgan fingerprint density at radius 2 is 2.12 bits per heavy atom. The lowest BCUT2D eigenvalue weighted by atomic mass is 10.4. The van der Waals surface area contributed by atoms with Gasteiger partial charge < -0.3 is 9.80 Å². The lowest BCUT2D eigenvalue weighted by Crippen LogP contribution is -2.31. The van der Waals surface area contributed by atoms with Crippen molar-refractivity contribution >= 4 is 32.4 Å². The number of hydrogen-bond acceptors (Lipinski definition) is 5. The van der Waals surface area contributed by atoms with E-state index in [0.29, 0.717) is 0 Å². The first-order chi connectivity index (χ1) is 7.79. The SMILES string of the molecule is Cc1nnc(N2CCCN(CCBr)CC2)s1. The Morgan fingerprint density at radius 3 is 2.81 bits per heavy atom. The van der Waals surface area contributed by atoms with Gasteiger partial charge in [0.05, 0.1) is 0 Å². The van der Waals surface area contributed by atoms with Gasteiger partial charge in [0.2, 0.25) is 5.13 Å². The molecule has 1 fully saturated rings. The molecular weight excluding hydrogens is 288 g/mol. The highest BCUT2D eigenvalue weighted by Crippen LogP contribution is 2.20. The largest absolute Gasteiger partial charge is 0.345 e. The lowest BCUT2D eigenvalue weighted by Gasteiger charge is -2.20. The number of nitrogens with zero attached hydrogens (tertiary/aromatic N) is 4. The van der Waals surface area contributed by atoms with Crippen LogP contribution < -0.4 is 4.90 Å². The maximum Gasteiger partial charge on any atom is 0.208 e. The highest BCUT2D eigenvalue weighted by molar-refractivity contribution is 9.09. The molecule has 0 aliphatic carbocycles. The molecule has 0 aromatic carbocycles. The van der Waals surface area contributed by atoms with Crippen LogP contribution in [0.4, 0.5) is 5.13 Å². The van der Waals surface area contributed by atoms with E-state index in [0.717, 1.165) is 41.6 Å². The fourth-order valence-corrected chi connectivity index (χ4v) is 3.16. The minimum absolute atomic E-state index is 1.05. The van der Waals surface area contributed by atoms with E-state index in [2.05, 4.69) is 35.9 Å². The summed E-state index contributed by atoms with van der Waals surface area (Å²) in [5, 5.41) is 11.5. The molecule has 0 atom stereocenters. The van der Waals surface area contributed by atoms with Gasteiger partial charge in [0.25, 0.3) is 0 Å². The quantitative estimate of drug-likeness (QED) is 0.797. The molecule has 2 rings (SSSR count). The van der Waals surface area contributed by atoms with Crippen LogP contribution in [0.25, 0.3) is 0 Å². The molecule has 0 unspecified atom stereocenters. The molecule has 0 bridgehead atoms. The molecule has 0 spiro atoms. The van der Waals surface area contributed by atoms with E-state index in [1.54, 1.807) is 11.3 Å². The lowest BCUT2D eigenvalue weighted by molar-refractivity contribution is 0.313. The normalized spacial score (nSPS) is 18.8. The van der Waals surface area contributed by atoms with Crippen molar-refractivity contribution in [3.63, 3.8) is 0 Å². The van der Waals surface area contributed by atoms with Gasteiger partial charge >= 0.3 is 0 Å². The minimum Gasteiger partial charge on any atom is -0.345 e. The summed E-state index contributed by atoms with van der Waals surface area (Å²) in [5.74, 6) is 0. The van der Waals surface area contributed by atoms with Crippen LogP contribution in [0.1, 0.15) is 11.4 Å². The molecule has 1 aromatic heterocycles. The van der Waals surface area contributed by atoms with E-state index in [9.17, 15) is 0 Å². The van der Waals surface area contributed by atoms with Gasteiger partial charge in [-0.3, -0.25) is 0 Å². The third kappa shape index (κ3) is 3.15. The maximum atomic E-state index is 4.22. The number of rotatable bonds is 3. The highest BCUT2D eigenvalue weighted by atomic mass is 79.9. The van der Waals surface area contributed by atoms with Crippen LogP contribution in [0, 0.1) is 6.92 Å². The topological polar surface area (TPSA) is 32.3 Å². The summed E-state index contributed by atoms with van der Waals surface area (Å²) < 4.78 is 0. The zero-order valence-electron chi connectivity index (χ0n) is 9.52. The van der Waals surface area contributed by atoms with Crippen LogP contribution in [0.5, 0.6) is 0 Å². The molecule has 2 heterocycles. The third-order valence-corrected chi connectivity index (χ3v) is 4.03. The van der Waals surface area contributed by atoms with Crippen molar-refractivity contribution in [3.8, 4) is 0 Å². The summed E-state index contributed by atoms with van der Waals surface area (Å²) in [7, 11) is 0. The predicted octanol–water partition coefficient (Wildman–Crippen LogP) is 1.75. The summed E-state index contributed by atoms with van der Waals surface area (Å²) in [6.45, 7) is 7.65. The van der Waals surface area contributed by atoms with Gasteiger partial charge in [0, 0.05) is 31.5 Å². The summed E-state index contributed by atoms with van der Waals surface area (Å²) in [4.78, 5) is 4.86. The number of hydrogen-bond donors (Lipinski definition) is 0. The molecule has 16 heavy (non-hydrogen) atoms. The Kier molecular flexibility index (Phi) is 4.55. The first-order valence-electron chi connectivity index (χ1n) is 5.63. The molecule has 6 heteroatoms. The monoisotopic (exact) mass is 304 g/mol. The van der Waals surface area contributed by atoms with E-state index in [4.69, 9.17) is 0 Å². The van der Waals surface area contributed by atoms with Gasteiger partial charge in [0.15, 0.2) is 0 Å². The van der Waals surface area contributed by atoms with Gasteiger partial charge in [0.1, 0.15) is 5.01 Å². The summed E-state index contributed by atoms with van der Waals surface area (Å²) in [5.41, 5.74) is 0. The molecule has 0 radical (unpaired) electrons. The first-order valence-corrected chi connectivity index (χ1v) is 7.57. The highest BCUT2D eigenvalue weighted by Gasteiger charge is 2.16. The first kappa shape index (κ1) is 12.3. The predicted molar refractivity (Wildman–Crippen MR) is 71.7 cm³/mol. The molecule has 90 valence electrons. The van der Waals surface area contributed by atoms with E-state index in [1.807, 2.05) is 6.92 Å². The zero-order chi connectivity index (χ0) is 11.4. The molecular formula is C10H17BrN4S. The van der Waals surface area contributed by atoms with E-state index < -0.39 is 0 Å². The van der Waals surface area contributed by atoms with Crippen molar-refractivity contribution in [2.45, 2.75) is 13.3 Å². The fraction of sp³-hybridized carbons (Fsp3) is 0.800. The average molecular weight is 305 g/mol.